The van der Waals surface area contributed by atoms with Gasteiger partial charge in [-0.3, -0.25) is 5.10 Å². The first-order valence-corrected chi connectivity index (χ1v) is 7.25. The summed E-state index contributed by atoms with van der Waals surface area (Å²) in [6.45, 7) is 1.85. The number of anilines is 2. The lowest BCUT2D eigenvalue weighted by atomic mass is 10.2. The normalized spacial score (nSPS) is 10.9. The number of carboxylic acid groups (broad SMARTS) is 1. The molecule has 0 atom stereocenters. The van der Waals surface area contributed by atoms with Crippen LogP contribution >= 0.6 is 0 Å². The Kier molecular flexibility index (Phi) is 4.33. The number of nitrogens with zero attached hydrogens (tertiary/aromatic N) is 3. The molecular formula is C17H15N5O2. The maximum Gasteiger partial charge on any atom is 0.335 e. The summed E-state index contributed by atoms with van der Waals surface area (Å²) in [5.41, 5.74) is 3.04. The molecule has 7 heteroatoms. The third-order valence-electron chi connectivity index (χ3n) is 3.33. The molecule has 3 N–H and O–H groups in total. The third kappa shape index (κ3) is 3.46. The second-order valence-electron chi connectivity index (χ2n) is 5.09. The van der Waals surface area contributed by atoms with Gasteiger partial charge >= 0.3 is 5.97 Å². The number of carbonyl (C=O) groups is 1. The molecule has 0 spiro atoms. The topological polar surface area (TPSA) is 103 Å². The number of aryl methyl sites for hydroxylation is 1. The van der Waals surface area contributed by atoms with Crippen LogP contribution in [0.25, 0.3) is 0 Å². The Morgan fingerprint density at radius 3 is 2.46 bits per heavy atom. The van der Waals surface area contributed by atoms with E-state index in [0.29, 0.717) is 17.2 Å². The van der Waals surface area contributed by atoms with Gasteiger partial charge in [-0.2, -0.15) is 10.2 Å². The Labute approximate surface area is 138 Å². The van der Waals surface area contributed by atoms with Gasteiger partial charge in [-0.25, -0.2) is 4.79 Å². The summed E-state index contributed by atoms with van der Waals surface area (Å²) in [7, 11) is 0. The van der Waals surface area contributed by atoms with E-state index in [9.17, 15) is 4.79 Å². The molecule has 2 aromatic carbocycles. The van der Waals surface area contributed by atoms with Crippen LogP contribution in [0.4, 0.5) is 22.9 Å². The molecule has 1 aromatic heterocycles. The number of azo groups is 1. The fraction of sp³-hybridized carbons (Fsp3) is 0.0588. The Morgan fingerprint density at radius 1 is 1.08 bits per heavy atom. The average Bonchev–Trinajstić information content (AvgIpc) is 2.94. The zero-order chi connectivity index (χ0) is 16.9. The van der Waals surface area contributed by atoms with E-state index < -0.39 is 5.97 Å². The number of hydrogen-bond acceptors (Lipinski definition) is 5. The molecule has 3 rings (SSSR count). The van der Waals surface area contributed by atoms with Crippen molar-refractivity contribution in [3.8, 4) is 0 Å². The summed E-state index contributed by atoms with van der Waals surface area (Å²) in [4.78, 5) is 10.8. The van der Waals surface area contributed by atoms with E-state index in [0.717, 1.165) is 11.4 Å². The number of benzene rings is 2. The Hall–Kier alpha value is -3.48. The van der Waals surface area contributed by atoms with Crippen molar-refractivity contribution in [3.05, 3.63) is 65.9 Å². The van der Waals surface area contributed by atoms with E-state index in [1.807, 2.05) is 37.3 Å². The molecular weight excluding hydrogens is 306 g/mol. The van der Waals surface area contributed by atoms with Crippen LogP contribution in [0.5, 0.6) is 0 Å². The van der Waals surface area contributed by atoms with Gasteiger partial charge in [0.2, 0.25) is 0 Å². The van der Waals surface area contributed by atoms with Crippen LogP contribution in [0.3, 0.4) is 0 Å². The van der Waals surface area contributed by atoms with Crippen molar-refractivity contribution in [2.24, 2.45) is 10.2 Å². The van der Waals surface area contributed by atoms with Crippen molar-refractivity contribution < 1.29 is 9.90 Å². The lowest BCUT2D eigenvalue weighted by Crippen LogP contribution is -1.93. The second-order valence-corrected chi connectivity index (χ2v) is 5.09. The van der Waals surface area contributed by atoms with E-state index in [-0.39, 0.29) is 5.56 Å². The highest BCUT2D eigenvalue weighted by Crippen LogP contribution is 2.30. The molecule has 0 aliphatic carbocycles. The number of rotatable bonds is 5. The number of hydrogen-bond donors (Lipinski definition) is 3. The second kappa shape index (κ2) is 6.74. The summed E-state index contributed by atoms with van der Waals surface area (Å²) >= 11 is 0. The van der Waals surface area contributed by atoms with Gasteiger partial charge in [-0.1, -0.05) is 18.2 Å². The van der Waals surface area contributed by atoms with Crippen molar-refractivity contribution >= 4 is 28.8 Å². The molecule has 3 aromatic rings. The van der Waals surface area contributed by atoms with Gasteiger partial charge in [-0.15, -0.1) is 5.11 Å². The minimum atomic E-state index is -0.974. The van der Waals surface area contributed by atoms with Crippen LogP contribution in [0.2, 0.25) is 0 Å². The Bertz CT molecular complexity index is 870. The number of aromatic amines is 1. The van der Waals surface area contributed by atoms with Crippen molar-refractivity contribution in [2.75, 3.05) is 5.32 Å². The van der Waals surface area contributed by atoms with Crippen molar-refractivity contribution in [1.29, 1.82) is 0 Å². The van der Waals surface area contributed by atoms with Gasteiger partial charge in [-0.05, 0) is 43.3 Å². The maximum atomic E-state index is 10.8. The summed E-state index contributed by atoms with van der Waals surface area (Å²) in [5, 5.41) is 27.5. The van der Waals surface area contributed by atoms with E-state index in [1.54, 1.807) is 12.1 Å². The predicted molar refractivity (Wildman–Crippen MR) is 90.6 cm³/mol. The van der Waals surface area contributed by atoms with Gasteiger partial charge in [0.15, 0.2) is 11.5 Å². The predicted octanol–water partition coefficient (Wildman–Crippen LogP) is 4.58. The zero-order valence-corrected chi connectivity index (χ0v) is 12.9. The highest BCUT2D eigenvalue weighted by Gasteiger charge is 2.10. The highest BCUT2D eigenvalue weighted by molar-refractivity contribution is 5.87. The molecule has 0 fully saturated rings. The Balaban J connectivity index is 1.82. The van der Waals surface area contributed by atoms with Crippen LogP contribution in [-0.4, -0.2) is 21.3 Å². The molecule has 24 heavy (non-hydrogen) atoms. The smallest absolute Gasteiger partial charge is 0.335 e. The lowest BCUT2D eigenvalue weighted by Gasteiger charge is -2.03. The number of para-hydroxylation sites is 1. The summed E-state index contributed by atoms with van der Waals surface area (Å²) < 4.78 is 0. The van der Waals surface area contributed by atoms with Gasteiger partial charge in [0.25, 0.3) is 0 Å². The molecule has 0 saturated heterocycles. The minimum Gasteiger partial charge on any atom is -0.478 e. The van der Waals surface area contributed by atoms with Crippen LogP contribution < -0.4 is 5.32 Å². The van der Waals surface area contributed by atoms with E-state index in [2.05, 4.69) is 25.7 Å². The van der Waals surface area contributed by atoms with Crippen LogP contribution in [-0.2, 0) is 0 Å². The van der Waals surface area contributed by atoms with Crippen molar-refractivity contribution in [1.82, 2.24) is 10.2 Å². The first-order valence-electron chi connectivity index (χ1n) is 7.25. The number of aromatic carboxylic acids is 1. The molecule has 0 saturated carbocycles. The largest absolute Gasteiger partial charge is 0.478 e. The summed E-state index contributed by atoms with van der Waals surface area (Å²) in [6, 6.07) is 15.8. The quantitative estimate of drug-likeness (QED) is 0.599. The molecule has 0 radical (unpaired) electrons. The van der Waals surface area contributed by atoms with Gasteiger partial charge in [0.1, 0.15) is 0 Å². The van der Waals surface area contributed by atoms with E-state index in [4.69, 9.17) is 5.11 Å². The Morgan fingerprint density at radius 2 is 1.79 bits per heavy atom. The van der Waals surface area contributed by atoms with Gasteiger partial charge in [0, 0.05) is 5.69 Å². The fourth-order valence-electron chi connectivity index (χ4n) is 2.07. The molecule has 1 heterocycles. The molecule has 0 bridgehead atoms. The highest BCUT2D eigenvalue weighted by atomic mass is 16.4. The monoisotopic (exact) mass is 321 g/mol. The van der Waals surface area contributed by atoms with Crippen LogP contribution in [0.1, 0.15) is 16.1 Å². The molecule has 0 amide bonds. The average molecular weight is 321 g/mol. The van der Waals surface area contributed by atoms with E-state index in [1.165, 1.54) is 12.1 Å². The van der Waals surface area contributed by atoms with Gasteiger partial charge < -0.3 is 10.4 Å². The fourth-order valence-corrected chi connectivity index (χ4v) is 2.07. The van der Waals surface area contributed by atoms with Gasteiger partial charge in [0.05, 0.1) is 16.9 Å². The SMILES string of the molecule is Cc1[nH]nc(Nc2ccccc2)c1N=Nc1ccc(C(=O)O)cc1. The standard InChI is InChI=1S/C17H15N5O2/c1-11-15(16(22-19-11)18-13-5-3-2-4-6-13)21-20-14-9-7-12(8-10-14)17(23)24/h2-10H,1H3,(H,23,24)(H2,18,19,22). The molecule has 7 nitrogen and oxygen atoms in total. The third-order valence-corrected chi connectivity index (χ3v) is 3.33. The summed E-state index contributed by atoms with van der Waals surface area (Å²) in [5.74, 6) is -0.400. The van der Waals surface area contributed by atoms with Crippen LogP contribution in [0.15, 0.2) is 64.8 Å². The lowest BCUT2D eigenvalue weighted by molar-refractivity contribution is 0.0697. The molecule has 0 unspecified atom stereocenters. The molecule has 0 aliphatic heterocycles. The number of carboxylic acids is 1. The number of H-pyrrole nitrogens is 1. The summed E-state index contributed by atoms with van der Waals surface area (Å²) in [6.07, 6.45) is 0. The number of nitrogens with one attached hydrogen (secondary N) is 2. The number of aromatic nitrogens is 2. The van der Waals surface area contributed by atoms with Crippen molar-refractivity contribution in [2.45, 2.75) is 6.92 Å². The van der Waals surface area contributed by atoms with Crippen molar-refractivity contribution in [3.63, 3.8) is 0 Å². The molecule has 120 valence electrons. The first-order chi connectivity index (χ1) is 11.6. The molecule has 0 aliphatic rings. The first kappa shape index (κ1) is 15.4. The van der Waals surface area contributed by atoms with Crippen LogP contribution in [0, 0.1) is 6.92 Å². The minimum absolute atomic E-state index is 0.208. The van der Waals surface area contributed by atoms with E-state index >= 15 is 0 Å². The maximum absolute atomic E-state index is 10.8. The zero-order valence-electron chi connectivity index (χ0n) is 12.9.